The summed E-state index contributed by atoms with van der Waals surface area (Å²) in [4.78, 5) is 73.9. The quantitative estimate of drug-likeness (QED) is 0.0548. The number of esters is 1. The summed E-state index contributed by atoms with van der Waals surface area (Å²) >= 11 is 0. The summed E-state index contributed by atoms with van der Waals surface area (Å²) < 4.78 is 29.1. The average Bonchev–Trinajstić information content (AvgIpc) is 3.42. The topological polar surface area (TPSA) is 355 Å². The summed E-state index contributed by atoms with van der Waals surface area (Å²) in [7, 11) is 0. The van der Waals surface area contributed by atoms with E-state index in [9.17, 15) is 64.5 Å². The van der Waals surface area contributed by atoms with Gasteiger partial charge < -0.3 is 75.2 Å². The van der Waals surface area contributed by atoms with Crippen molar-refractivity contribution in [3.63, 3.8) is 0 Å². The number of aliphatic carboxylic acids is 1. The van der Waals surface area contributed by atoms with Crippen molar-refractivity contribution in [3.05, 3.63) is 45.3 Å². The Bertz CT molecular complexity index is 1700. The maximum atomic E-state index is 13.0. The monoisotopic (exact) mass is 818 g/mol. The first-order chi connectivity index (χ1) is 26.8. The number of carboxylic acid groups (broad SMARTS) is 1. The lowest BCUT2D eigenvalue weighted by molar-refractivity contribution is -0.347. The third kappa shape index (κ3) is 11.7. The van der Waals surface area contributed by atoms with E-state index in [1.807, 2.05) is 18.8 Å². The van der Waals surface area contributed by atoms with Crippen molar-refractivity contribution in [3.8, 4) is 0 Å². The second kappa shape index (κ2) is 20.0. The molecule has 57 heavy (non-hydrogen) atoms. The number of aromatic nitrogens is 2. The second-order valence-electron chi connectivity index (χ2n) is 14.3. The molecule has 3 aliphatic rings. The van der Waals surface area contributed by atoms with Gasteiger partial charge in [0.25, 0.3) is 5.56 Å². The van der Waals surface area contributed by atoms with Crippen molar-refractivity contribution >= 4 is 23.8 Å². The lowest BCUT2D eigenvalue weighted by atomic mass is 9.91. The number of aromatic amines is 1. The first kappa shape index (κ1) is 45.6. The Kier molecular flexibility index (Phi) is 16.0. The van der Waals surface area contributed by atoms with E-state index in [1.54, 1.807) is 6.08 Å². The number of hydrogen-bond acceptors (Lipinski definition) is 18. The molecule has 0 spiro atoms. The fourth-order valence-electron chi connectivity index (χ4n) is 6.45. The number of H-pyrrole nitrogens is 1. The normalized spacial score (nSPS) is 34.9. The molecule has 0 aliphatic carbocycles. The van der Waals surface area contributed by atoms with Crippen LogP contribution in [0, 0.1) is 5.92 Å². The Hall–Kier alpha value is -4.14. The van der Waals surface area contributed by atoms with Crippen LogP contribution in [0.4, 0.5) is 0 Å². The molecule has 0 unspecified atom stereocenters. The van der Waals surface area contributed by atoms with Gasteiger partial charge in [-0.3, -0.25) is 33.5 Å². The number of amides is 2. The number of nitrogens with one attached hydrogen (secondary N) is 3. The summed E-state index contributed by atoms with van der Waals surface area (Å²) in [6.07, 6.45) is -20.5. The first-order valence-corrected chi connectivity index (χ1v) is 18.1. The molecule has 2 amide bonds. The van der Waals surface area contributed by atoms with E-state index in [-0.39, 0.29) is 5.92 Å². The molecule has 0 bridgehead atoms. The maximum Gasteiger partial charge on any atom is 0.330 e. The van der Waals surface area contributed by atoms with Crippen molar-refractivity contribution in [1.29, 1.82) is 0 Å². The van der Waals surface area contributed by atoms with Gasteiger partial charge in [-0.15, -0.1) is 0 Å². The van der Waals surface area contributed by atoms with Crippen LogP contribution in [0.15, 0.2) is 34.0 Å². The molecule has 0 saturated carbocycles. The highest BCUT2D eigenvalue weighted by Gasteiger charge is 2.53. The minimum absolute atomic E-state index is 0.180. The minimum Gasteiger partial charge on any atom is -0.481 e. The molecular formula is C34H50N4O19. The second-order valence-corrected chi connectivity index (χ2v) is 14.3. The SMILES string of the molecule is CC(=O)N[C@H]1[C@@H](O[C@@H]2O[C@H](C[C@@H](O)[C@H]3O[C@@H](n4ccc(=O)[nH]c4=O)[C@H](O)[C@@H]3O)[C@H](O)[C@H](O)[C@H]2NC(=O)/C=C/CC(C)C)O[C@H](COC(=O)CCC(=O)O)[C@@H](O)[C@@H]1O. The Morgan fingerprint density at radius 2 is 1.49 bits per heavy atom. The summed E-state index contributed by atoms with van der Waals surface area (Å²) in [5.41, 5.74) is -1.74. The van der Waals surface area contributed by atoms with E-state index in [2.05, 4.69) is 10.6 Å². The Morgan fingerprint density at radius 3 is 2.09 bits per heavy atom. The van der Waals surface area contributed by atoms with Gasteiger partial charge in [-0.05, 0) is 18.4 Å². The van der Waals surface area contributed by atoms with Crippen molar-refractivity contribution in [2.45, 2.75) is 138 Å². The smallest absolute Gasteiger partial charge is 0.330 e. The number of aliphatic hydroxyl groups is 7. The van der Waals surface area contributed by atoms with Crippen molar-refractivity contribution in [2.75, 3.05) is 6.61 Å². The van der Waals surface area contributed by atoms with Gasteiger partial charge in [0.15, 0.2) is 18.8 Å². The molecule has 11 N–H and O–H groups in total. The van der Waals surface area contributed by atoms with Gasteiger partial charge in [0, 0.05) is 25.6 Å². The van der Waals surface area contributed by atoms with E-state index in [0.29, 0.717) is 6.42 Å². The average molecular weight is 819 g/mol. The zero-order chi connectivity index (χ0) is 42.3. The lowest BCUT2D eigenvalue weighted by Crippen LogP contribution is -2.69. The minimum atomic E-state index is -1.93. The highest BCUT2D eigenvalue weighted by atomic mass is 16.8. The fourth-order valence-corrected chi connectivity index (χ4v) is 6.45. The van der Waals surface area contributed by atoms with Crippen LogP contribution in [0.1, 0.15) is 52.7 Å². The van der Waals surface area contributed by atoms with Crippen LogP contribution >= 0.6 is 0 Å². The Morgan fingerprint density at radius 1 is 0.877 bits per heavy atom. The fraction of sp³-hybridized carbons (Fsp3) is 0.706. The number of carbonyl (C=O) groups excluding carboxylic acids is 3. The number of rotatable bonds is 16. The summed E-state index contributed by atoms with van der Waals surface area (Å²) in [6, 6.07) is -2.25. The molecule has 1 aromatic heterocycles. The van der Waals surface area contributed by atoms with Gasteiger partial charge in [0.2, 0.25) is 11.8 Å². The maximum absolute atomic E-state index is 13.0. The number of nitrogens with zero attached hydrogens (tertiary/aromatic N) is 1. The molecule has 4 rings (SSSR count). The van der Waals surface area contributed by atoms with Crippen LogP contribution in [0.5, 0.6) is 0 Å². The molecule has 320 valence electrons. The van der Waals surface area contributed by atoms with Crippen LogP contribution in [0.25, 0.3) is 0 Å². The van der Waals surface area contributed by atoms with Gasteiger partial charge >= 0.3 is 17.6 Å². The number of carboxylic acids is 1. The molecule has 3 saturated heterocycles. The molecule has 0 radical (unpaired) electrons. The standard InChI is InChI=1S/C34H50N4O19/c1-13(2)5-4-6-18(41)36-23-27(49)24(46)16(11-15(40)30-28(50)29(51)31(56-30)38-10-9-19(42)37-34(38)52)54-33(23)57-32-22(35-14(3)39)26(48)25(47)17(55-32)12-53-21(45)8-7-20(43)44/h4,6,9-10,13,15-17,22-33,40,46-51H,5,7-8,11-12H2,1-3H3,(H,35,39)(H,36,41)(H,43,44)(H,37,42,52)/b6-4+/t15-,16-,17-,22-,23-,24+,25-,26-,27-,28+,29-,30-,31-,32-,33+/m1/s1. The van der Waals surface area contributed by atoms with Crippen LogP contribution in [0.2, 0.25) is 0 Å². The zero-order valence-corrected chi connectivity index (χ0v) is 31.1. The number of carbonyl (C=O) groups is 4. The van der Waals surface area contributed by atoms with E-state index >= 15 is 0 Å². The molecule has 4 heterocycles. The van der Waals surface area contributed by atoms with E-state index in [0.717, 1.165) is 29.8 Å². The predicted molar refractivity (Wildman–Crippen MR) is 186 cm³/mol. The van der Waals surface area contributed by atoms with E-state index in [1.165, 1.54) is 0 Å². The first-order valence-electron chi connectivity index (χ1n) is 18.1. The molecule has 3 aliphatic heterocycles. The number of aliphatic hydroxyl groups excluding tert-OH is 7. The summed E-state index contributed by atoms with van der Waals surface area (Å²) in [5, 5.41) is 90.7. The lowest BCUT2D eigenvalue weighted by Gasteiger charge is -2.47. The zero-order valence-electron chi connectivity index (χ0n) is 31.1. The van der Waals surface area contributed by atoms with Crippen LogP contribution < -0.4 is 21.9 Å². The summed E-state index contributed by atoms with van der Waals surface area (Å²) in [6.45, 7) is 4.15. The molecule has 23 nitrogen and oxygen atoms in total. The highest BCUT2D eigenvalue weighted by molar-refractivity contribution is 5.87. The van der Waals surface area contributed by atoms with Crippen molar-refractivity contribution in [2.24, 2.45) is 5.92 Å². The molecule has 3 fully saturated rings. The third-order valence-electron chi connectivity index (χ3n) is 9.43. The van der Waals surface area contributed by atoms with E-state index in [4.69, 9.17) is 28.8 Å². The van der Waals surface area contributed by atoms with Gasteiger partial charge in [0.1, 0.15) is 67.5 Å². The van der Waals surface area contributed by atoms with Crippen LogP contribution in [-0.4, -0.2) is 166 Å². The molecule has 1 aromatic rings. The van der Waals surface area contributed by atoms with Crippen LogP contribution in [0.3, 0.4) is 0 Å². The third-order valence-corrected chi connectivity index (χ3v) is 9.43. The van der Waals surface area contributed by atoms with Crippen molar-refractivity contribution < 1.29 is 83.7 Å². The molecule has 23 heteroatoms. The number of hydrogen-bond donors (Lipinski definition) is 11. The van der Waals surface area contributed by atoms with E-state index < -0.39 is 153 Å². The molecular weight excluding hydrogens is 768 g/mol. The van der Waals surface area contributed by atoms with Gasteiger partial charge in [-0.25, -0.2) is 4.79 Å². The largest absolute Gasteiger partial charge is 0.481 e. The summed E-state index contributed by atoms with van der Waals surface area (Å²) in [5.74, 6) is -3.58. The van der Waals surface area contributed by atoms with Crippen LogP contribution in [-0.2, 0) is 42.9 Å². The van der Waals surface area contributed by atoms with Gasteiger partial charge in [-0.1, -0.05) is 19.9 Å². The predicted octanol–water partition coefficient (Wildman–Crippen LogP) is -5.18. The van der Waals surface area contributed by atoms with Gasteiger partial charge in [-0.2, -0.15) is 0 Å². The Balaban J connectivity index is 1.59. The number of allylic oxidation sites excluding steroid dienone is 1. The van der Waals surface area contributed by atoms with Crippen molar-refractivity contribution in [1.82, 2.24) is 20.2 Å². The molecule has 15 atom stereocenters. The van der Waals surface area contributed by atoms with Gasteiger partial charge in [0.05, 0.1) is 25.0 Å². The molecule has 0 aromatic carbocycles. The Labute approximate surface area is 323 Å². The highest BCUT2D eigenvalue weighted by Crippen LogP contribution is 2.34. The number of ether oxygens (including phenoxy) is 5.